The van der Waals surface area contributed by atoms with Gasteiger partial charge in [-0.1, -0.05) is 0 Å². The van der Waals surface area contributed by atoms with E-state index < -0.39 is 0 Å². The Morgan fingerprint density at radius 1 is 1.83 bits per heavy atom. The lowest BCUT2D eigenvalue weighted by molar-refractivity contribution is 0.598. The Bertz CT molecular complexity index is 59.8. The fourth-order valence-electron chi connectivity index (χ4n) is 0.0441. The van der Waals surface area contributed by atoms with Crippen molar-refractivity contribution >= 4 is 26.5 Å². The SMILES string of the molecule is O=PNP=NP. The third kappa shape index (κ3) is 4.59. The largest absolute Gasteiger partial charge is 0.255 e. The smallest absolute Gasteiger partial charge is 0.255 e. The average molecular weight is 140 g/mol. The molecule has 3 nitrogen and oxygen atoms in total. The first-order chi connectivity index (χ1) is 2.91. The second-order valence-corrected chi connectivity index (χ2v) is 2.51. The maximum Gasteiger partial charge on any atom is 0.255 e. The second-order valence-electron chi connectivity index (χ2n) is 0.407. The second kappa shape index (κ2) is 5.59. The highest BCUT2D eigenvalue weighted by Gasteiger charge is 1.63. The Kier molecular flexibility index (Phi) is 6.14. The Morgan fingerprint density at radius 2 is 2.50 bits per heavy atom. The molecule has 34 valence electrons. The first kappa shape index (κ1) is 6.59. The van der Waals surface area contributed by atoms with Gasteiger partial charge in [-0.15, -0.1) is 0 Å². The van der Waals surface area contributed by atoms with Crippen molar-refractivity contribution in [2.75, 3.05) is 0 Å². The van der Waals surface area contributed by atoms with Gasteiger partial charge >= 0.3 is 0 Å². The lowest BCUT2D eigenvalue weighted by atomic mass is 13.9. The first-order valence-electron chi connectivity index (χ1n) is 1.09. The molecule has 0 aromatic heterocycles. The van der Waals surface area contributed by atoms with Gasteiger partial charge in [-0.25, -0.2) is 4.52 Å². The summed E-state index contributed by atoms with van der Waals surface area (Å²) >= 11 is 0. The predicted molar refractivity (Wildman–Crippen MR) is 29.8 cm³/mol. The molecule has 1 atom stereocenters. The van der Waals surface area contributed by atoms with Gasteiger partial charge in [0, 0.05) is 0 Å². The number of nitrogens with zero attached hydrogens (tertiary/aromatic N) is 1. The van der Waals surface area contributed by atoms with Gasteiger partial charge in [-0.2, -0.15) is 4.86 Å². The summed E-state index contributed by atoms with van der Waals surface area (Å²) in [5.74, 6) is 0. The van der Waals surface area contributed by atoms with Gasteiger partial charge in [0.05, 0.1) is 0 Å². The van der Waals surface area contributed by atoms with Gasteiger partial charge in [0.25, 0.3) is 8.61 Å². The first-order valence-corrected chi connectivity index (χ1v) is 3.26. The van der Waals surface area contributed by atoms with Crippen LogP contribution in [0.2, 0.25) is 0 Å². The van der Waals surface area contributed by atoms with Crippen molar-refractivity contribution in [3.05, 3.63) is 0 Å². The van der Waals surface area contributed by atoms with Crippen molar-refractivity contribution in [2.24, 2.45) is 4.52 Å². The number of hydrogen-bond donors (Lipinski definition) is 1. The van der Waals surface area contributed by atoms with E-state index in [-0.39, 0.29) is 8.61 Å². The van der Waals surface area contributed by atoms with Gasteiger partial charge in [0.1, 0.15) is 8.52 Å². The summed E-state index contributed by atoms with van der Waals surface area (Å²) in [6, 6.07) is 0. The van der Waals surface area contributed by atoms with Crippen molar-refractivity contribution in [2.45, 2.75) is 0 Å². The summed E-state index contributed by atoms with van der Waals surface area (Å²) in [6.07, 6.45) is 0. The van der Waals surface area contributed by atoms with Crippen LogP contribution in [0.1, 0.15) is 0 Å². The molecule has 0 aromatic rings. The van der Waals surface area contributed by atoms with Crippen molar-refractivity contribution in [3.63, 3.8) is 0 Å². The van der Waals surface area contributed by atoms with Crippen LogP contribution >= 0.6 is 26.5 Å². The van der Waals surface area contributed by atoms with Gasteiger partial charge in [0.15, 0.2) is 0 Å². The number of hydrogen-bond acceptors (Lipinski definition) is 2. The van der Waals surface area contributed by atoms with E-state index in [0.29, 0.717) is 8.52 Å². The Balaban J connectivity index is 2.85. The molecule has 0 aromatic carbocycles. The molecular weight excluding hydrogens is 137 g/mol. The highest BCUT2D eigenvalue weighted by Crippen LogP contribution is 2.01. The van der Waals surface area contributed by atoms with E-state index >= 15 is 0 Å². The van der Waals surface area contributed by atoms with E-state index in [2.05, 4.69) is 18.8 Å². The quantitative estimate of drug-likeness (QED) is 0.592. The van der Waals surface area contributed by atoms with Gasteiger partial charge in [-0.3, -0.25) is 4.57 Å². The van der Waals surface area contributed by atoms with Crippen LogP contribution in [-0.2, 0) is 4.57 Å². The maximum atomic E-state index is 9.47. The lowest BCUT2D eigenvalue weighted by Crippen LogP contribution is -1.64. The van der Waals surface area contributed by atoms with E-state index in [1.807, 2.05) is 0 Å². The van der Waals surface area contributed by atoms with Crippen LogP contribution in [0.3, 0.4) is 0 Å². The minimum Gasteiger partial charge on any atom is -0.255 e. The van der Waals surface area contributed by atoms with Crippen molar-refractivity contribution in [3.8, 4) is 0 Å². The molecule has 0 bridgehead atoms. The third-order valence-electron chi connectivity index (χ3n) is 0.143. The van der Waals surface area contributed by atoms with E-state index in [4.69, 9.17) is 0 Å². The summed E-state index contributed by atoms with van der Waals surface area (Å²) in [5.41, 5.74) is 0. The topological polar surface area (TPSA) is 41.5 Å². The zero-order valence-corrected chi connectivity index (χ0v) is 5.77. The summed E-state index contributed by atoms with van der Waals surface area (Å²) < 4.78 is 13.0. The molecule has 0 aliphatic rings. The van der Waals surface area contributed by atoms with Crippen molar-refractivity contribution < 1.29 is 4.57 Å². The summed E-state index contributed by atoms with van der Waals surface area (Å²) in [6.45, 7) is 0. The Morgan fingerprint density at radius 3 is 2.67 bits per heavy atom. The van der Waals surface area contributed by atoms with Crippen LogP contribution in [0.4, 0.5) is 0 Å². The minimum atomic E-state index is -0.0740. The molecule has 6 heavy (non-hydrogen) atoms. The van der Waals surface area contributed by atoms with Crippen LogP contribution in [0, 0.1) is 0 Å². The molecule has 1 N–H and O–H groups in total. The predicted octanol–water partition coefficient (Wildman–Crippen LogP) is 1.62. The lowest BCUT2D eigenvalue weighted by Gasteiger charge is -1.67. The van der Waals surface area contributed by atoms with Gasteiger partial charge < -0.3 is 0 Å². The molecule has 1 unspecified atom stereocenters. The van der Waals surface area contributed by atoms with Crippen LogP contribution < -0.4 is 4.86 Å². The molecule has 0 saturated carbocycles. The standard InChI is InChI=1S/H3N2OP3/c3-6-2-5-1-4/h4H2,(H,1,2,3). The zero-order valence-electron chi connectivity index (χ0n) is 2.83. The Hall–Kier alpha value is 0.590. The molecule has 0 radical (unpaired) electrons. The molecule has 6 heteroatoms. The van der Waals surface area contributed by atoms with E-state index in [1.165, 1.54) is 0 Å². The number of rotatable bonds is 2. The van der Waals surface area contributed by atoms with Crippen molar-refractivity contribution in [1.29, 1.82) is 0 Å². The monoisotopic (exact) mass is 140 g/mol. The summed E-state index contributed by atoms with van der Waals surface area (Å²) in [7, 11) is 2.69. The molecule has 0 saturated heterocycles. The van der Waals surface area contributed by atoms with E-state index in [1.54, 1.807) is 0 Å². The van der Waals surface area contributed by atoms with Crippen LogP contribution in [-0.4, -0.2) is 0 Å². The minimum absolute atomic E-state index is 0.0740. The average Bonchev–Trinajstić information content (AvgIpc) is 1.61. The van der Waals surface area contributed by atoms with Gasteiger partial charge in [-0.05, 0) is 9.39 Å². The number of nitrogens with one attached hydrogen (secondary N) is 1. The van der Waals surface area contributed by atoms with E-state index in [9.17, 15) is 4.57 Å². The molecule has 0 amide bonds. The fraction of sp³-hybridized carbons (Fsp3) is 0. The third-order valence-corrected chi connectivity index (χ3v) is 1.29. The molecule has 0 heterocycles. The van der Waals surface area contributed by atoms with Crippen LogP contribution in [0.25, 0.3) is 0 Å². The van der Waals surface area contributed by atoms with Crippen molar-refractivity contribution in [1.82, 2.24) is 4.86 Å². The summed E-state index contributed by atoms with van der Waals surface area (Å²) in [5, 5.41) is 0. The van der Waals surface area contributed by atoms with E-state index in [0.717, 1.165) is 0 Å². The highest BCUT2D eigenvalue weighted by atomic mass is 31.1. The van der Waals surface area contributed by atoms with Crippen LogP contribution in [0.5, 0.6) is 0 Å². The molecule has 0 fully saturated rings. The molecule has 0 rings (SSSR count). The van der Waals surface area contributed by atoms with Gasteiger partial charge in [0.2, 0.25) is 0 Å². The normalized spacial score (nSPS) is 10.8. The maximum absolute atomic E-state index is 9.47. The Labute approximate surface area is 41.4 Å². The summed E-state index contributed by atoms with van der Waals surface area (Å²) in [4.78, 5) is 2.40. The van der Waals surface area contributed by atoms with Crippen LogP contribution in [0.15, 0.2) is 4.52 Å². The zero-order chi connectivity index (χ0) is 4.83. The molecule has 0 aliphatic carbocycles. The molecular formula is H3N2OP3. The fourth-order valence-corrected chi connectivity index (χ4v) is 0.861. The molecule has 0 aliphatic heterocycles. The highest BCUT2D eigenvalue weighted by molar-refractivity contribution is 7.43. The molecule has 0 spiro atoms.